The molecule has 0 unspecified atom stereocenters. The first kappa shape index (κ1) is 15.3. The molecule has 2 aromatic rings. The average Bonchev–Trinajstić information content (AvgIpc) is 3.14. The number of nitrogens with one attached hydrogen (secondary N) is 1. The number of likely N-dealkylation sites (tertiary alicyclic amines) is 1. The van der Waals surface area contributed by atoms with Crippen molar-refractivity contribution in [3.8, 4) is 5.75 Å². The highest BCUT2D eigenvalue weighted by atomic mass is 16.5. The van der Waals surface area contributed by atoms with Crippen LogP contribution in [0.5, 0.6) is 5.75 Å². The van der Waals surface area contributed by atoms with E-state index in [4.69, 9.17) is 9.15 Å². The fraction of sp³-hybridized carbons (Fsp3) is 0.421. The van der Waals surface area contributed by atoms with Gasteiger partial charge in [0.05, 0.1) is 25.5 Å². The van der Waals surface area contributed by atoms with E-state index in [1.54, 1.807) is 19.2 Å². The maximum absolute atomic E-state index is 12.4. The lowest BCUT2D eigenvalue weighted by Gasteiger charge is -2.29. The van der Waals surface area contributed by atoms with Crippen LogP contribution in [0.1, 0.15) is 41.4 Å². The molecule has 5 heteroatoms. The van der Waals surface area contributed by atoms with Gasteiger partial charge in [-0.3, -0.25) is 9.69 Å². The number of hydrogen-bond donors (Lipinski definition) is 1. The number of ether oxygens (including phenoxy) is 1. The maximum atomic E-state index is 12.4. The van der Waals surface area contributed by atoms with E-state index in [1.165, 1.54) is 24.7 Å². The molecule has 1 aliphatic carbocycles. The number of amides is 1. The molecule has 0 spiro atoms. The van der Waals surface area contributed by atoms with Crippen molar-refractivity contribution in [1.29, 1.82) is 0 Å². The van der Waals surface area contributed by atoms with Gasteiger partial charge in [-0.1, -0.05) is 12.1 Å². The molecule has 2 heterocycles. The van der Waals surface area contributed by atoms with Crippen LogP contribution in [0, 0.1) is 0 Å². The average molecular weight is 326 g/mol. The molecule has 0 radical (unpaired) electrons. The second kappa shape index (κ2) is 6.32. The molecule has 1 saturated heterocycles. The standard InChI is InChI=1S/C19H22N2O3/c1-23-15-5-2-4-13(12-15)18-16(9-10-21(18)14-7-8-14)20-19(22)17-6-3-11-24-17/h2-6,11-12,14,16,18H,7-10H2,1H3,(H,20,22)/t16-,18-/m1/s1. The largest absolute Gasteiger partial charge is 0.497 e. The molecule has 2 aliphatic rings. The van der Waals surface area contributed by atoms with Crippen LogP contribution < -0.4 is 10.1 Å². The highest BCUT2D eigenvalue weighted by molar-refractivity contribution is 5.91. The molecule has 5 nitrogen and oxygen atoms in total. The molecule has 24 heavy (non-hydrogen) atoms. The first-order valence-corrected chi connectivity index (χ1v) is 8.50. The van der Waals surface area contributed by atoms with E-state index < -0.39 is 0 Å². The van der Waals surface area contributed by atoms with Crippen LogP contribution >= 0.6 is 0 Å². The molecule has 0 bridgehead atoms. The molecule has 1 aromatic heterocycles. The van der Waals surface area contributed by atoms with E-state index in [2.05, 4.69) is 22.3 Å². The van der Waals surface area contributed by atoms with Crippen molar-refractivity contribution in [3.63, 3.8) is 0 Å². The van der Waals surface area contributed by atoms with Gasteiger partial charge in [0.1, 0.15) is 5.75 Å². The van der Waals surface area contributed by atoms with Crippen molar-refractivity contribution in [2.45, 2.75) is 37.4 Å². The summed E-state index contributed by atoms with van der Waals surface area (Å²) in [5.41, 5.74) is 1.20. The van der Waals surface area contributed by atoms with Crippen molar-refractivity contribution in [1.82, 2.24) is 10.2 Å². The number of benzene rings is 1. The monoisotopic (exact) mass is 326 g/mol. The summed E-state index contributed by atoms with van der Waals surface area (Å²) in [7, 11) is 1.68. The Morgan fingerprint density at radius 3 is 2.83 bits per heavy atom. The van der Waals surface area contributed by atoms with E-state index >= 15 is 0 Å². The van der Waals surface area contributed by atoms with Gasteiger partial charge in [0.25, 0.3) is 5.91 Å². The minimum atomic E-state index is -0.143. The summed E-state index contributed by atoms with van der Waals surface area (Å²) in [5, 5.41) is 3.16. The quantitative estimate of drug-likeness (QED) is 0.918. The maximum Gasteiger partial charge on any atom is 0.287 e. The molecule has 1 aliphatic heterocycles. The van der Waals surface area contributed by atoms with Crippen LogP contribution in [0.4, 0.5) is 0 Å². The summed E-state index contributed by atoms with van der Waals surface area (Å²) in [4.78, 5) is 14.9. The number of methoxy groups -OCH3 is 1. The number of carbonyl (C=O) groups excluding carboxylic acids is 1. The molecule has 2 fully saturated rings. The highest BCUT2D eigenvalue weighted by Gasteiger charge is 2.43. The third kappa shape index (κ3) is 2.91. The number of hydrogen-bond acceptors (Lipinski definition) is 4. The molecule has 2 atom stereocenters. The van der Waals surface area contributed by atoms with Crippen molar-refractivity contribution < 1.29 is 13.9 Å². The van der Waals surface area contributed by atoms with Crippen LogP contribution in [0.2, 0.25) is 0 Å². The number of furan rings is 1. The van der Waals surface area contributed by atoms with E-state index in [9.17, 15) is 4.79 Å². The Morgan fingerprint density at radius 1 is 1.25 bits per heavy atom. The Bertz CT molecular complexity index is 709. The number of nitrogens with zero attached hydrogens (tertiary/aromatic N) is 1. The second-order valence-corrected chi connectivity index (χ2v) is 6.54. The predicted molar refractivity (Wildman–Crippen MR) is 90.0 cm³/mol. The summed E-state index contributed by atoms with van der Waals surface area (Å²) >= 11 is 0. The number of carbonyl (C=O) groups is 1. The Balaban J connectivity index is 1.59. The Morgan fingerprint density at radius 2 is 2.12 bits per heavy atom. The zero-order valence-corrected chi connectivity index (χ0v) is 13.8. The lowest BCUT2D eigenvalue weighted by atomic mass is 9.99. The summed E-state index contributed by atoms with van der Waals surface area (Å²) in [6.45, 7) is 1.01. The molecule has 4 rings (SSSR count). The summed E-state index contributed by atoms with van der Waals surface area (Å²) in [6.07, 6.45) is 4.98. The SMILES string of the molecule is COc1cccc([C@@H]2[C@H](NC(=O)c3ccco3)CCN2C2CC2)c1. The van der Waals surface area contributed by atoms with Gasteiger partial charge in [0.2, 0.25) is 0 Å². The lowest BCUT2D eigenvalue weighted by molar-refractivity contribution is 0.0895. The van der Waals surface area contributed by atoms with Crippen LogP contribution in [-0.2, 0) is 0 Å². The highest BCUT2D eigenvalue weighted by Crippen LogP contribution is 2.41. The van der Waals surface area contributed by atoms with Crippen LogP contribution in [-0.4, -0.2) is 36.5 Å². The van der Waals surface area contributed by atoms with Crippen LogP contribution in [0.25, 0.3) is 0 Å². The van der Waals surface area contributed by atoms with Crippen molar-refractivity contribution in [3.05, 3.63) is 54.0 Å². The normalized spacial score (nSPS) is 24.0. The van der Waals surface area contributed by atoms with Gasteiger partial charge >= 0.3 is 0 Å². The molecule has 1 N–H and O–H groups in total. The van der Waals surface area contributed by atoms with Gasteiger partial charge in [0.15, 0.2) is 5.76 Å². The first-order chi connectivity index (χ1) is 11.8. The Hall–Kier alpha value is -2.27. The van der Waals surface area contributed by atoms with Gasteiger partial charge in [-0.05, 0) is 49.1 Å². The van der Waals surface area contributed by atoms with Gasteiger partial charge in [0, 0.05) is 12.6 Å². The summed E-state index contributed by atoms with van der Waals surface area (Å²) in [6, 6.07) is 12.5. The zero-order valence-electron chi connectivity index (χ0n) is 13.8. The third-order valence-electron chi connectivity index (χ3n) is 4.95. The molecule has 126 valence electrons. The van der Waals surface area contributed by atoms with Crippen LogP contribution in [0.3, 0.4) is 0 Å². The van der Waals surface area contributed by atoms with Crippen molar-refractivity contribution in [2.24, 2.45) is 0 Å². The van der Waals surface area contributed by atoms with Crippen LogP contribution in [0.15, 0.2) is 47.1 Å². The number of rotatable bonds is 5. The summed E-state index contributed by atoms with van der Waals surface area (Å²) in [5.74, 6) is 1.08. The molecule has 1 amide bonds. The van der Waals surface area contributed by atoms with E-state index in [1.807, 2.05) is 12.1 Å². The zero-order chi connectivity index (χ0) is 16.5. The fourth-order valence-corrected chi connectivity index (χ4v) is 3.68. The molecule has 1 aromatic carbocycles. The Labute approximate surface area is 141 Å². The fourth-order valence-electron chi connectivity index (χ4n) is 3.68. The minimum Gasteiger partial charge on any atom is -0.497 e. The first-order valence-electron chi connectivity index (χ1n) is 8.50. The van der Waals surface area contributed by atoms with Crippen molar-refractivity contribution >= 4 is 5.91 Å². The topological polar surface area (TPSA) is 54.7 Å². The molecular formula is C19H22N2O3. The molecular weight excluding hydrogens is 304 g/mol. The predicted octanol–water partition coefficient (Wildman–Crippen LogP) is 3.00. The van der Waals surface area contributed by atoms with Gasteiger partial charge in [-0.2, -0.15) is 0 Å². The van der Waals surface area contributed by atoms with E-state index in [-0.39, 0.29) is 18.0 Å². The van der Waals surface area contributed by atoms with E-state index in [0.717, 1.165) is 18.7 Å². The third-order valence-corrected chi connectivity index (χ3v) is 4.95. The van der Waals surface area contributed by atoms with Gasteiger partial charge in [-0.25, -0.2) is 0 Å². The van der Waals surface area contributed by atoms with Crippen molar-refractivity contribution in [2.75, 3.05) is 13.7 Å². The summed E-state index contributed by atoms with van der Waals surface area (Å²) < 4.78 is 10.6. The second-order valence-electron chi connectivity index (χ2n) is 6.54. The lowest BCUT2D eigenvalue weighted by Crippen LogP contribution is -2.40. The minimum absolute atomic E-state index is 0.0790. The smallest absolute Gasteiger partial charge is 0.287 e. The van der Waals surface area contributed by atoms with E-state index in [0.29, 0.717) is 11.8 Å². The Kier molecular flexibility index (Phi) is 4.02. The van der Waals surface area contributed by atoms with Gasteiger partial charge < -0.3 is 14.5 Å². The van der Waals surface area contributed by atoms with Gasteiger partial charge in [-0.15, -0.1) is 0 Å². The molecule has 1 saturated carbocycles.